The monoisotopic (exact) mass is 513 g/mol. The highest BCUT2D eigenvalue weighted by Gasteiger charge is 2.21. The number of guanidine groups is 1. The fourth-order valence-electron chi connectivity index (χ4n) is 3.30. The predicted molar refractivity (Wildman–Crippen MR) is 126 cm³/mol. The third kappa shape index (κ3) is 7.18. The predicted octanol–water partition coefficient (Wildman–Crippen LogP) is 3.07. The smallest absolute Gasteiger partial charge is 0.193 e. The Balaban J connectivity index is 0.00000300. The molecule has 2 aromatic rings. The molecule has 1 aliphatic rings. The first kappa shape index (κ1) is 23.5. The molecule has 160 valence electrons. The van der Waals surface area contributed by atoms with E-state index in [1.165, 1.54) is 5.56 Å². The molecule has 1 atom stereocenters. The average molecular weight is 513 g/mol. The molecular formula is C21H32IN5O2. The minimum atomic E-state index is 0. The zero-order chi connectivity index (χ0) is 19.9. The van der Waals surface area contributed by atoms with Crippen LogP contribution < -0.4 is 10.1 Å². The Morgan fingerprint density at radius 1 is 1.21 bits per heavy atom. The molecule has 7 nitrogen and oxygen atoms in total. The molecule has 1 aliphatic heterocycles. The van der Waals surface area contributed by atoms with Gasteiger partial charge in [0.15, 0.2) is 5.96 Å². The van der Waals surface area contributed by atoms with Gasteiger partial charge >= 0.3 is 0 Å². The number of hydrogen-bond donors (Lipinski definition) is 1. The van der Waals surface area contributed by atoms with Gasteiger partial charge in [0.2, 0.25) is 0 Å². The molecule has 8 heteroatoms. The lowest BCUT2D eigenvalue weighted by atomic mass is 10.2. The van der Waals surface area contributed by atoms with E-state index in [1.54, 1.807) is 0 Å². The lowest BCUT2D eigenvalue weighted by molar-refractivity contribution is 0.167. The van der Waals surface area contributed by atoms with E-state index in [2.05, 4.69) is 51.2 Å². The van der Waals surface area contributed by atoms with Gasteiger partial charge in [-0.3, -0.25) is 9.89 Å². The fraction of sp³-hybridized carbons (Fsp3) is 0.524. The van der Waals surface area contributed by atoms with Gasteiger partial charge in [0.05, 0.1) is 12.2 Å². The molecule has 29 heavy (non-hydrogen) atoms. The quantitative estimate of drug-likeness (QED) is 0.364. The summed E-state index contributed by atoms with van der Waals surface area (Å²) in [5.41, 5.74) is 2.23. The van der Waals surface area contributed by atoms with E-state index in [-0.39, 0.29) is 30.1 Å². The Morgan fingerprint density at radius 3 is 2.48 bits per heavy atom. The standard InChI is InChI=1S/C21H31N5O2.HI/c1-16-5-7-20(8-6-16)27-18(3)14-23-21(22-4)26-11-9-25(10-12-26)15-19-13-17(2)28-24-19;/h5-8,13,18H,9-12,14-15H2,1-4H3,(H,22,23);1H. The molecule has 0 amide bonds. The zero-order valence-electron chi connectivity index (χ0n) is 17.7. The molecule has 0 bridgehead atoms. The number of nitrogens with zero attached hydrogens (tertiary/aromatic N) is 4. The summed E-state index contributed by atoms with van der Waals surface area (Å²) in [5, 5.41) is 7.53. The van der Waals surface area contributed by atoms with Gasteiger partial charge in [0.1, 0.15) is 17.6 Å². The average Bonchev–Trinajstić information content (AvgIpc) is 3.10. The van der Waals surface area contributed by atoms with Crippen molar-refractivity contribution in [2.45, 2.75) is 33.4 Å². The number of halogens is 1. The Morgan fingerprint density at radius 2 is 1.90 bits per heavy atom. The van der Waals surface area contributed by atoms with Crippen molar-refractivity contribution in [2.24, 2.45) is 4.99 Å². The van der Waals surface area contributed by atoms with Gasteiger partial charge in [-0.05, 0) is 32.9 Å². The van der Waals surface area contributed by atoms with Crippen LogP contribution in [0.3, 0.4) is 0 Å². The Hall–Kier alpha value is -1.81. The molecule has 1 saturated heterocycles. The van der Waals surface area contributed by atoms with E-state index < -0.39 is 0 Å². The summed E-state index contributed by atoms with van der Waals surface area (Å²) in [7, 11) is 1.83. The summed E-state index contributed by atoms with van der Waals surface area (Å²) in [4.78, 5) is 9.13. The topological polar surface area (TPSA) is 66.1 Å². The molecule has 0 spiro atoms. The van der Waals surface area contributed by atoms with Crippen molar-refractivity contribution in [2.75, 3.05) is 39.8 Å². The molecule has 0 radical (unpaired) electrons. The molecule has 1 fully saturated rings. The van der Waals surface area contributed by atoms with Gasteiger partial charge in [-0.25, -0.2) is 0 Å². The van der Waals surface area contributed by atoms with Crippen LogP contribution in [0.25, 0.3) is 0 Å². The SMILES string of the molecule is CN=C(NCC(C)Oc1ccc(C)cc1)N1CCN(Cc2cc(C)on2)CC1.I. The summed E-state index contributed by atoms with van der Waals surface area (Å²) in [6.07, 6.45) is 0.0520. The maximum Gasteiger partial charge on any atom is 0.193 e. The molecule has 1 N–H and O–H groups in total. The van der Waals surface area contributed by atoms with Crippen LogP contribution >= 0.6 is 24.0 Å². The number of piperazine rings is 1. The molecule has 2 heterocycles. The van der Waals surface area contributed by atoms with Crippen molar-refractivity contribution in [1.82, 2.24) is 20.3 Å². The van der Waals surface area contributed by atoms with Crippen molar-refractivity contribution in [3.63, 3.8) is 0 Å². The molecule has 0 aliphatic carbocycles. The summed E-state index contributed by atoms with van der Waals surface area (Å²) in [6, 6.07) is 10.2. The number of aliphatic imine (C=N–C) groups is 1. The Kier molecular flexibility index (Phi) is 9.22. The molecule has 3 rings (SSSR count). The summed E-state index contributed by atoms with van der Waals surface area (Å²) < 4.78 is 11.1. The maximum absolute atomic E-state index is 5.98. The van der Waals surface area contributed by atoms with Gasteiger partial charge < -0.3 is 19.5 Å². The Bertz CT molecular complexity index is 770. The van der Waals surface area contributed by atoms with E-state index in [0.717, 1.165) is 55.9 Å². The first-order valence-electron chi connectivity index (χ1n) is 9.87. The van der Waals surface area contributed by atoms with E-state index in [1.807, 2.05) is 32.2 Å². The number of nitrogens with one attached hydrogen (secondary N) is 1. The lowest BCUT2D eigenvalue weighted by Crippen LogP contribution is -2.53. The van der Waals surface area contributed by atoms with Crippen LogP contribution in [0.2, 0.25) is 0 Å². The van der Waals surface area contributed by atoms with Gasteiger partial charge in [-0.1, -0.05) is 22.9 Å². The third-order valence-electron chi connectivity index (χ3n) is 4.85. The number of rotatable bonds is 6. The van der Waals surface area contributed by atoms with Crippen LogP contribution in [0.5, 0.6) is 5.75 Å². The first-order chi connectivity index (χ1) is 13.5. The van der Waals surface area contributed by atoms with Crippen molar-refractivity contribution in [3.05, 3.63) is 47.3 Å². The van der Waals surface area contributed by atoms with E-state index in [4.69, 9.17) is 9.26 Å². The zero-order valence-corrected chi connectivity index (χ0v) is 20.1. The van der Waals surface area contributed by atoms with Crippen molar-refractivity contribution < 1.29 is 9.26 Å². The number of aryl methyl sites for hydroxylation is 2. The highest BCUT2D eigenvalue weighted by molar-refractivity contribution is 14.0. The highest BCUT2D eigenvalue weighted by atomic mass is 127. The van der Waals surface area contributed by atoms with Crippen LogP contribution in [0.4, 0.5) is 0 Å². The molecule has 0 saturated carbocycles. The van der Waals surface area contributed by atoms with Gasteiger partial charge in [-0.2, -0.15) is 0 Å². The van der Waals surface area contributed by atoms with Crippen LogP contribution in [-0.2, 0) is 6.54 Å². The second-order valence-corrected chi connectivity index (χ2v) is 7.36. The van der Waals surface area contributed by atoms with Crippen molar-refractivity contribution >= 4 is 29.9 Å². The largest absolute Gasteiger partial charge is 0.489 e. The van der Waals surface area contributed by atoms with Crippen LogP contribution in [-0.4, -0.2) is 66.8 Å². The second-order valence-electron chi connectivity index (χ2n) is 7.36. The minimum absolute atomic E-state index is 0. The van der Waals surface area contributed by atoms with Gasteiger partial charge in [-0.15, -0.1) is 24.0 Å². The molecular weight excluding hydrogens is 481 g/mol. The van der Waals surface area contributed by atoms with Crippen LogP contribution in [0, 0.1) is 13.8 Å². The summed E-state index contributed by atoms with van der Waals surface area (Å²) in [5.74, 6) is 2.68. The highest BCUT2D eigenvalue weighted by Crippen LogP contribution is 2.13. The van der Waals surface area contributed by atoms with Gasteiger partial charge in [0, 0.05) is 45.8 Å². The molecule has 1 aromatic carbocycles. The number of benzene rings is 1. The minimum Gasteiger partial charge on any atom is -0.489 e. The van der Waals surface area contributed by atoms with Crippen molar-refractivity contribution in [1.29, 1.82) is 0 Å². The normalized spacial score (nSPS) is 16.3. The van der Waals surface area contributed by atoms with E-state index in [0.29, 0.717) is 6.54 Å². The molecule has 1 aromatic heterocycles. The number of ether oxygens (including phenoxy) is 1. The lowest BCUT2D eigenvalue weighted by Gasteiger charge is -2.36. The third-order valence-corrected chi connectivity index (χ3v) is 4.85. The Labute approximate surface area is 190 Å². The fourth-order valence-corrected chi connectivity index (χ4v) is 3.30. The summed E-state index contributed by atoms with van der Waals surface area (Å²) in [6.45, 7) is 11.4. The van der Waals surface area contributed by atoms with Crippen molar-refractivity contribution in [3.8, 4) is 5.75 Å². The number of aromatic nitrogens is 1. The second kappa shape index (κ2) is 11.4. The summed E-state index contributed by atoms with van der Waals surface area (Å²) >= 11 is 0. The van der Waals surface area contributed by atoms with E-state index >= 15 is 0 Å². The maximum atomic E-state index is 5.98. The molecule has 1 unspecified atom stereocenters. The first-order valence-corrected chi connectivity index (χ1v) is 9.87. The van der Waals surface area contributed by atoms with Crippen LogP contribution in [0.1, 0.15) is 23.9 Å². The van der Waals surface area contributed by atoms with E-state index in [9.17, 15) is 0 Å². The van der Waals surface area contributed by atoms with Gasteiger partial charge in [0.25, 0.3) is 0 Å². The van der Waals surface area contributed by atoms with Crippen LogP contribution in [0.15, 0.2) is 39.8 Å². The number of hydrogen-bond acceptors (Lipinski definition) is 5.